The third-order valence-electron chi connectivity index (χ3n) is 2.66. The fourth-order valence-corrected chi connectivity index (χ4v) is 1.68. The topological polar surface area (TPSA) is 12.0 Å². The van der Waals surface area contributed by atoms with Gasteiger partial charge in [0.15, 0.2) is 23.3 Å². The second kappa shape index (κ2) is 5.84. The number of hydrogen-bond donors (Lipinski definition) is 1. The van der Waals surface area contributed by atoms with Crippen LogP contribution < -0.4 is 5.32 Å². The molecule has 1 nitrogen and oxygen atoms in total. The monoisotopic (exact) mass is 269 g/mol. The summed E-state index contributed by atoms with van der Waals surface area (Å²) in [4.78, 5) is 0. The van der Waals surface area contributed by atoms with E-state index in [0.29, 0.717) is 5.56 Å². The molecular weight excluding hydrogens is 258 g/mol. The molecule has 0 aliphatic rings. The molecule has 0 heterocycles. The zero-order valence-corrected chi connectivity index (χ0v) is 9.89. The Labute approximate surface area is 107 Å². The molecule has 0 aliphatic heterocycles. The molecule has 2 rings (SSSR count). The van der Waals surface area contributed by atoms with Crippen molar-refractivity contribution in [2.24, 2.45) is 0 Å². The normalized spacial score (nSPS) is 10.7. The van der Waals surface area contributed by atoms with E-state index in [0.717, 1.165) is 18.2 Å². The summed E-state index contributed by atoms with van der Waals surface area (Å²) in [6.07, 6.45) is 0. The van der Waals surface area contributed by atoms with Gasteiger partial charge in [0.2, 0.25) is 0 Å². The molecule has 100 valence electrons. The Kier molecular flexibility index (Phi) is 4.16. The van der Waals surface area contributed by atoms with Crippen LogP contribution in [-0.4, -0.2) is 0 Å². The van der Waals surface area contributed by atoms with E-state index in [4.69, 9.17) is 0 Å². The SMILES string of the molecule is Fc1ccc(CNCc2cccc(F)c2F)cc1F. The van der Waals surface area contributed by atoms with Crippen LogP contribution >= 0.6 is 0 Å². The molecule has 0 fully saturated rings. The number of benzene rings is 2. The van der Waals surface area contributed by atoms with Gasteiger partial charge in [0.1, 0.15) is 0 Å². The number of halogens is 4. The molecular formula is C14H11F4N. The van der Waals surface area contributed by atoms with Gasteiger partial charge in [-0.3, -0.25) is 0 Å². The summed E-state index contributed by atoms with van der Waals surface area (Å²) < 4.78 is 51.9. The highest BCUT2D eigenvalue weighted by molar-refractivity contribution is 5.20. The van der Waals surface area contributed by atoms with Crippen LogP contribution in [0.15, 0.2) is 36.4 Å². The van der Waals surface area contributed by atoms with E-state index in [9.17, 15) is 17.6 Å². The smallest absolute Gasteiger partial charge is 0.163 e. The summed E-state index contributed by atoms with van der Waals surface area (Å²) >= 11 is 0. The van der Waals surface area contributed by atoms with E-state index in [1.807, 2.05) is 0 Å². The van der Waals surface area contributed by atoms with E-state index in [2.05, 4.69) is 5.32 Å². The van der Waals surface area contributed by atoms with Gasteiger partial charge in [-0.1, -0.05) is 18.2 Å². The summed E-state index contributed by atoms with van der Waals surface area (Å²) in [7, 11) is 0. The fraction of sp³-hybridized carbons (Fsp3) is 0.143. The van der Waals surface area contributed by atoms with Gasteiger partial charge in [-0.15, -0.1) is 0 Å². The van der Waals surface area contributed by atoms with Crippen LogP contribution in [0.5, 0.6) is 0 Å². The standard InChI is InChI=1S/C14H11F4N/c15-11-5-4-9(6-13(11)17)7-19-8-10-2-1-3-12(16)14(10)18/h1-6,19H,7-8H2. The Morgan fingerprint density at radius 3 is 2.32 bits per heavy atom. The minimum atomic E-state index is -0.934. The highest BCUT2D eigenvalue weighted by Crippen LogP contribution is 2.12. The molecule has 0 amide bonds. The van der Waals surface area contributed by atoms with Crippen LogP contribution in [0.4, 0.5) is 17.6 Å². The Bertz CT molecular complexity index is 584. The number of rotatable bonds is 4. The average Bonchev–Trinajstić information content (AvgIpc) is 2.39. The molecule has 0 aromatic heterocycles. The molecule has 1 N–H and O–H groups in total. The van der Waals surface area contributed by atoms with Crippen LogP contribution in [0.3, 0.4) is 0 Å². The predicted molar refractivity (Wildman–Crippen MR) is 63.3 cm³/mol. The Morgan fingerprint density at radius 1 is 0.789 bits per heavy atom. The van der Waals surface area contributed by atoms with Crippen LogP contribution in [0, 0.1) is 23.3 Å². The lowest BCUT2D eigenvalue weighted by Gasteiger charge is -2.07. The van der Waals surface area contributed by atoms with Crippen molar-refractivity contribution in [2.75, 3.05) is 0 Å². The average molecular weight is 269 g/mol. The lowest BCUT2D eigenvalue weighted by Crippen LogP contribution is -2.14. The van der Waals surface area contributed by atoms with Crippen LogP contribution in [0.25, 0.3) is 0 Å². The summed E-state index contributed by atoms with van der Waals surface area (Å²) in [6, 6.07) is 7.41. The van der Waals surface area contributed by atoms with Crippen molar-refractivity contribution < 1.29 is 17.6 Å². The fourth-order valence-electron chi connectivity index (χ4n) is 1.68. The van der Waals surface area contributed by atoms with Crippen molar-refractivity contribution in [3.63, 3.8) is 0 Å². The molecule has 0 unspecified atom stereocenters. The lowest BCUT2D eigenvalue weighted by atomic mass is 10.2. The van der Waals surface area contributed by atoms with Gasteiger partial charge in [0.25, 0.3) is 0 Å². The Balaban J connectivity index is 1.96. The van der Waals surface area contributed by atoms with Crippen LogP contribution in [0.2, 0.25) is 0 Å². The van der Waals surface area contributed by atoms with Gasteiger partial charge in [-0.05, 0) is 23.8 Å². The summed E-state index contributed by atoms with van der Waals surface area (Å²) in [5, 5.41) is 2.84. The van der Waals surface area contributed by atoms with Crippen molar-refractivity contribution in [3.8, 4) is 0 Å². The number of hydrogen-bond acceptors (Lipinski definition) is 1. The minimum absolute atomic E-state index is 0.0998. The first-order valence-electron chi connectivity index (χ1n) is 5.65. The molecule has 2 aromatic rings. The molecule has 0 bridgehead atoms. The van der Waals surface area contributed by atoms with Crippen LogP contribution in [0.1, 0.15) is 11.1 Å². The molecule has 19 heavy (non-hydrogen) atoms. The first kappa shape index (κ1) is 13.5. The maximum Gasteiger partial charge on any atom is 0.163 e. The minimum Gasteiger partial charge on any atom is -0.309 e. The van der Waals surface area contributed by atoms with E-state index in [1.165, 1.54) is 18.2 Å². The second-order valence-corrected chi connectivity index (χ2v) is 4.06. The highest BCUT2D eigenvalue weighted by Gasteiger charge is 2.07. The molecule has 5 heteroatoms. The zero-order valence-electron chi connectivity index (χ0n) is 9.89. The van der Waals surface area contributed by atoms with Crippen molar-refractivity contribution >= 4 is 0 Å². The van der Waals surface area contributed by atoms with Crippen molar-refractivity contribution in [3.05, 3.63) is 70.8 Å². The van der Waals surface area contributed by atoms with Gasteiger partial charge in [-0.25, -0.2) is 17.6 Å². The predicted octanol–water partition coefficient (Wildman–Crippen LogP) is 3.53. The zero-order chi connectivity index (χ0) is 13.8. The van der Waals surface area contributed by atoms with Gasteiger partial charge in [-0.2, -0.15) is 0 Å². The van der Waals surface area contributed by atoms with E-state index < -0.39 is 23.3 Å². The van der Waals surface area contributed by atoms with E-state index in [-0.39, 0.29) is 18.7 Å². The molecule has 0 atom stereocenters. The van der Waals surface area contributed by atoms with Gasteiger partial charge in [0, 0.05) is 18.7 Å². The third kappa shape index (κ3) is 3.32. The van der Waals surface area contributed by atoms with Gasteiger partial charge in [0.05, 0.1) is 0 Å². The highest BCUT2D eigenvalue weighted by atomic mass is 19.2. The second-order valence-electron chi connectivity index (χ2n) is 4.06. The van der Waals surface area contributed by atoms with Crippen molar-refractivity contribution in [2.45, 2.75) is 13.1 Å². The Morgan fingerprint density at radius 2 is 1.58 bits per heavy atom. The molecule has 0 saturated carbocycles. The van der Waals surface area contributed by atoms with Crippen LogP contribution in [-0.2, 0) is 13.1 Å². The molecule has 0 spiro atoms. The quantitative estimate of drug-likeness (QED) is 0.837. The van der Waals surface area contributed by atoms with Gasteiger partial charge < -0.3 is 5.32 Å². The molecule has 0 saturated heterocycles. The maximum absolute atomic E-state index is 13.3. The first-order valence-corrected chi connectivity index (χ1v) is 5.65. The summed E-state index contributed by atoms with van der Waals surface area (Å²) in [5.74, 6) is -3.66. The molecule has 0 aliphatic carbocycles. The first-order chi connectivity index (χ1) is 9.08. The maximum atomic E-state index is 13.3. The third-order valence-corrected chi connectivity index (χ3v) is 2.66. The largest absolute Gasteiger partial charge is 0.309 e. The number of nitrogens with one attached hydrogen (secondary N) is 1. The molecule has 0 radical (unpaired) electrons. The van der Waals surface area contributed by atoms with E-state index >= 15 is 0 Å². The Hall–Kier alpha value is -1.88. The van der Waals surface area contributed by atoms with E-state index in [1.54, 1.807) is 0 Å². The summed E-state index contributed by atoms with van der Waals surface area (Å²) in [5.41, 5.74) is 0.707. The molecule has 2 aromatic carbocycles. The van der Waals surface area contributed by atoms with Crippen molar-refractivity contribution in [1.29, 1.82) is 0 Å². The lowest BCUT2D eigenvalue weighted by molar-refractivity contribution is 0.491. The summed E-state index contributed by atoms with van der Waals surface area (Å²) in [6.45, 7) is 0.329. The van der Waals surface area contributed by atoms with Crippen molar-refractivity contribution in [1.82, 2.24) is 5.32 Å². The van der Waals surface area contributed by atoms with Gasteiger partial charge >= 0.3 is 0 Å².